The molecule has 3 amide bonds. The number of allylic oxidation sites excluding steroid dienone is 2. The van der Waals surface area contributed by atoms with Gasteiger partial charge in [0, 0.05) is 49.4 Å². The van der Waals surface area contributed by atoms with Crippen molar-refractivity contribution in [3.8, 4) is 11.1 Å². The van der Waals surface area contributed by atoms with Crippen LogP contribution in [0.4, 0.5) is 10.5 Å². The van der Waals surface area contributed by atoms with Crippen LogP contribution in [0.2, 0.25) is 0 Å². The second-order valence-corrected chi connectivity index (χ2v) is 6.92. The predicted octanol–water partition coefficient (Wildman–Crippen LogP) is 3.57. The Labute approximate surface area is 179 Å². The molecular formula is C22H23N7O2. The average molecular weight is 417 g/mol. The number of carbonyl (C=O) groups excluding carboxylic acids is 2. The zero-order valence-electron chi connectivity index (χ0n) is 17.5. The number of rotatable bonds is 6. The van der Waals surface area contributed by atoms with Crippen molar-refractivity contribution in [1.82, 2.24) is 25.4 Å². The molecule has 3 rings (SSSR count). The van der Waals surface area contributed by atoms with Crippen molar-refractivity contribution in [3.63, 3.8) is 0 Å². The molecule has 9 nitrogen and oxygen atoms in total. The van der Waals surface area contributed by atoms with Crippen LogP contribution in [-0.4, -0.2) is 52.3 Å². The highest BCUT2D eigenvalue weighted by Gasteiger charge is 2.15. The van der Waals surface area contributed by atoms with Gasteiger partial charge in [-0.1, -0.05) is 18.7 Å². The van der Waals surface area contributed by atoms with Crippen LogP contribution >= 0.6 is 0 Å². The van der Waals surface area contributed by atoms with Crippen molar-refractivity contribution in [2.45, 2.75) is 6.92 Å². The summed E-state index contributed by atoms with van der Waals surface area (Å²) in [4.78, 5) is 34.2. The number of aromatic nitrogens is 3. The third-order valence-electron chi connectivity index (χ3n) is 4.28. The quantitative estimate of drug-likeness (QED) is 0.532. The highest BCUT2D eigenvalue weighted by Crippen LogP contribution is 2.26. The number of hydrogen-bond acceptors (Lipinski definition) is 5. The molecule has 2 aromatic heterocycles. The number of hydrogen-bond donors (Lipinski definition) is 3. The van der Waals surface area contributed by atoms with E-state index >= 15 is 0 Å². The van der Waals surface area contributed by atoms with Gasteiger partial charge in [-0.2, -0.15) is 5.10 Å². The number of aromatic amines is 1. The molecule has 0 atom stereocenters. The van der Waals surface area contributed by atoms with E-state index in [-0.39, 0.29) is 17.6 Å². The molecule has 9 heteroatoms. The van der Waals surface area contributed by atoms with Gasteiger partial charge in [0.2, 0.25) is 0 Å². The van der Waals surface area contributed by atoms with Crippen molar-refractivity contribution < 1.29 is 9.59 Å². The molecule has 31 heavy (non-hydrogen) atoms. The highest BCUT2D eigenvalue weighted by atomic mass is 16.2. The summed E-state index contributed by atoms with van der Waals surface area (Å²) >= 11 is 0. The second-order valence-electron chi connectivity index (χ2n) is 6.92. The van der Waals surface area contributed by atoms with Crippen LogP contribution in [0.15, 0.2) is 66.2 Å². The summed E-state index contributed by atoms with van der Waals surface area (Å²) in [6, 6.07) is 7.17. The number of benzene rings is 1. The molecule has 1 aromatic carbocycles. The van der Waals surface area contributed by atoms with Crippen LogP contribution in [0.1, 0.15) is 17.4 Å². The van der Waals surface area contributed by atoms with Gasteiger partial charge in [0.1, 0.15) is 0 Å². The van der Waals surface area contributed by atoms with Crippen molar-refractivity contribution in [2.75, 3.05) is 19.4 Å². The first kappa shape index (κ1) is 21.4. The maximum atomic E-state index is 12.7. The Kier molecular flexibility index (Phi) is 6.56. The lowest BCUT2D eigenvalue weighted by atomic mass is 10.0. The molecule has 3 N–H and O–H groups in total. The fraction of sp³-hybridized carbons (Fsp3) is 0.136. The summed E-state index contributed by atoms with van der Waals surface area (Å²) < 4.78 is 0. The standard InChI is InChI=1S/C22H23N7O2/c1-5-8-23-11-14(2)25-21(30)20-18-10-15(6-7-19(18)27-28-20)16-9-17(13-24-12-16)26-22(31)29(3)4/h5-13H,1H2,2-4H3,(H,25,30)(H,26,31)(H,27,28)/b14-11+,23-8-. The fourth-order valence-corrected chi connectivity index (χ4v) is 2.75. The molecule has 0 unspecified atom stereocenters. The van der Waals surface area contributed by atoms with Crippen molar-refractivity contribution in [1.29, 1.82) is 0 Å². The van der Waals surface area contributed by atoms with E-state index in [4.69, 9.17) is 0 Å². The molecule has 0 radical (unpaired) electrons. The number of carbonyl (C=O) groups is 2. The summed E-state index contributed by atoms with van der Waals surface area (Å²) in [7, 11) is 3.32. The second kappa shape index (κ2) is 9.49. The maximum Gasteiger partial charge on any atom is 0.321 e. The minimum Gasteiger partial charge on any atom is -0.331 e. The van der Waals surface area contributed by atoms with Crippen LogP contribution in [0, 0.1) is 0 Å². The number of pyridine rings is 1. The van der Waals surface area contributed by atoms with E-state index in [1.807, 2.05) is 24.3 Å². The molecule has 0 aliphatic rings. The molecule has 0 saturated heterocycles. The number of amides is 3. The third-order valence-corrected chi connectivity index (χ3v) is 4.28. The number of nitrogens with zero attached hydrogens (tertiary/aromatic N) is 4. The third kappa shape index (κ3) is 5.21. The highest BCUT2D eigenvalue weighted by molar-refractivity contribution is 6.06. The molecule has 0 bridgehead atoms. The van der Waals surface area contributed by atoms with E-state index in [0.29, 0.717) is 16.8 Å². The number of urea groups is 1. The van der Waals surface area contributed by atoms with Crippen LogP contribution in [-0.2, 0) is 0 Å². The number of anilines is 1. The summed E-state index contributed by atoms with van der Waals surface area (Å²) in [5.41, 5.74) is 3.76. The molecule has 0 saturated carbocycles. The number of aliphatic imine (C=N–C) groups is 1. The van der Waals surface area contributed by atoms with Crippen LogP contribution in [0.25, 0.3) is 22.0 Å². The lowest BCUT2D eigenvalue weighted by Gasteiger charge is -2.12. The minimum atomic E-state index is -0.351. The van der Waals surface area contributed by atoms with Gasteiger partial charge in [-0.15, -0.1) is 0 Å². The monoisotopic (exact) mass is 417 g/mol. The van der Waals surface area contributed by atoms with Gasteiger partial charge in [0.25, 0.3) is 5.91 Å². The van der Waals surface area contributed by atoms with Crippen LogP contribution in [0.5, 0.6) is 0 Å². The summed E-state index contributed by atoms with van der Waals surface area (Å²) in [6.07, 6.45) is 7.86. The Hall–Kier alpha value is -4.27. The Morgan fingerprint density at radius 2 is 2.00 bits per heavy atom. The summed E-state index contributed by atoms with van der Waals surface area (Å²) in [5.74, 6) is -0.351. The van der Waals surface area contributed by atoms with Crippen molar-refractivity contribution in [2.24, 2.45) is 4.99 Å². The molecule has 3 aromatic rings. The average Bonchev–Trinajstić information content (AvgIpc) is 3.17. The molecule has 2 heterocycles. The van der Waals surface area contributed by atoms with E-state index in [2.05, 4.69) is 37.4 Å². The van der Waals surface area contributed by atoms with Gasteiger partial charge in [0.15, 0.2) is 5.69 Å². The van der Waals surface area contributed by atoms with Crippen molar-refractivity contribution in [3.05, 3.63) is 66.9 Å². The van der Waals surface area contributed by atoms with Gasteiger partial charge in [0.05, 0.1) is 17.4 Å². The van der Waals surface area contributed by atoms with Gasteiger partial charge in [-0.3, -0.25) is 19.9 Å². The smallest absolute Gasteiger partial charge is 0.321 e. The molecule has 0 fully saturated rings. The van der Waals surface area contributed by atoms with E-state index < -0.39 is 0 Å². The van der Waals surface area contributed by atoms with Gasteiger partial charge >= 0.3 is 6.03 Å². The number of nitrogens with one attached hydrogen (secondary N) is 3. The normalized spacial score (nSPS) is 11.5. The lowest BCUT2D eigenvalue weighted by molar-refractivity contribution is 0.0962. The Morgan fingerprint density at radius 1 is 1.19 bits per heavy atom. The molecular weight excluding hydrogens is 394 g/mol. The van der Waals surface area contributed by atoms with E-state index in [1.165, 1.54) is 17.3 Å². The van der Waals surface area contributed by atoms with Crippen molar-refractivity contribution >= 4 is 34.7 Å². The topological polar surface area (TPSA) is 115 Å². The number of H-pyrrole nitrogens is 1. The first-order valence-corrected chi connectivity index (χ1v) is 9.43. The largest absolute Gasteiger partial charge is 0.331 e. The Balaban J connectivity index is 1.89. The van der Waals surface area contributed by atoms with E-state index in [0.717, 1.165) is 16.6 Å². The molecule has 0 aliphatic heterocycles. The van der Waals surface area contributed by atoms with Gasteiger partial charge < -0.3 is 15.5 Å². The van der Waals surface area contributed by atoms with E-state index in [1.54, 1.807) is 39.5 Å². The first-order valence-electron chi connectivity index (χ1n) is 9.43. The Morgan fingerprint density at radius 3 is 2.74 bits per heavy atom. The summed E-state index contributed by atoms with van der Waals surface area (Å²) in [5, 5.41) is 13.2. The van der Waals surface area contributed by atoms with E-state index in [9.17, 15) is 9.59 Å². The molecule has 0 spiro atoms. The molecule has 0 aliphatic carbocycles. The SMILES string of the molecule is C=C/C=N\C=C(/C)NC(=O)c1n[nH]c2ccc(-c3cncc(NC(=O)N(C)C)c3)cc12. The van der Waals surface area contributed by atoms with Crippen LogP contribution in [0.3, 0.4) is 0 Å². The molecule has 158 valence electrons. The zero-order valence-corrected chi connectivity index (χ0v) is 17.5. The Bertz CT molecular complexity index is 1190. The van der Waals surface area contributed by atoms with Gasteiger partial charge in [-0.25, -0.2) is 4.79 Å². The zero-order chi connectivity index (χ0) is 22.4. The van der Waals surface area contributed by atoms with Gasteiger partial charge in [-0.05, 0) is 30.7 Å². The number of fused-ring (bicyclic) bond motifs is 1. The minimum absolute atomic E-state index is 0.246. The predicted molar refractivity (Wildman–Crippen MR) is 122 cm³/mol. The van der Waals surface area contributed by atoms with Crippen LogP contribution < -0.4 is 10.6 Å². The summed E-state index contributed by atoms with van der Waals surface area (Å²) in [6.45, 7) is 5.28. The fourth-order valence-electron chi connectivity index (χ4n) is 2.75. The maximum absolute atomic E-state index is 12.7. The lowest BCUT2D eigenvalue weighted by Crippen LogP contribution is -2.27. The first-order chi connectivity index (χ1) is 14.9.